The number of amides is 2. The van der Waals surface area contributed by atoms with Gasteiger partial charge in [0.2, 0.25) is 5.91 Å². The zero-order chi connectivity index (χ0) is 18.3. The zero-order valence-electron chi connectivity index (χ0n) is 15.2. The molecule has 2 aromatic heterocycles. The van der Waals surface area contributed by atoms with Crippen LogP contribution in [0, 0.1) is 13.8 Å². The van der Waals surface area contributed by atoms with E-state index < -0.39 is 0 Å². The van der Waals surface area contributed by atoms with Crippen LogP contribution in [-0.2, 0) is 11.2 Å². The Morgan fingerprint density at radius 2 is 1.88 bits per heavy atom. The fourth-order valence-corrected chi connectivity index (χ4v) is 4.02. The molecule has 6 heteroatoms. The highest BCUT2D eigenvalue weighted by Crippen LogP contribution is 2.32. The van der Waals surface area contributed by atoms with Crippen molar-refractivity contribution in [1.29, 1.82) is 0 Å². The highest BCUT2D eigenvalue weighted by Gasteiger charge is 2.35. The third kappa shape index (κ3) is 2.89. The van der Waals surface area contributed by atoms with Crippen molar-refractivity contribution in [2.75, 3.05) is 26.2 Å². The van der Waals surface area contributed by atoms with Crippen molar-refractivity contribution >= 4 is 11.8 Å². The Balaban J connectivity index is 1.40. The molecule has 0 saturated carbocycles. The number of aryl methyl sites for hydroxylation is 3. The Morgan fingerprint density at radius 3 is 2.58 bits per heavy atom. The summed E-state index contributed by atoms with van der Waals surface area (Å²) in [5, 5.41) is 0. The predicted octanol–water partition coefficient (Wildman–Crippen LogP) is 2.31. The standard InChI is InChI=1S/C20H23N3O3/c1-13-12-17(14(2)26-13)20(25)23-10-8-22(9-11-23)19(24)16-6-5-15-4-3-7-21-18(15)16/h3-4,7,12,16H,5-6,8-11H2,1-2H3. The Hall–Kier alpha value is -2.63. The van der Waals surface area contributed by atoms with E-state index in [2.05, 4.69) is 11.1 Å². The molecule has 2 amide bonds. The lowest BCUT2D eigenvalue weighted by Crippen LogP contribution is -2.51. The van der Waals surface area contributed by atoms with Crippen molar-refractivity contribution in [1.82, 2.24) is 14.8 Å². The molecular formula is C20H23N3O3. The van der Waals surface area contributed by atoms with Gasteiger partial charge in [-0.15, -0.1) is 0 Å². The second kappa shape index (κ2) is 6.59. The van der Waals surface area contributed by atoms with Crippen LogP contribution in [0.2, 0.25) is 0 Å². The average molecular weight is 353 g/mol. The molecule has 136 valence electrons. The van der Waals surface area contributed by atoms with Crippen LogP contribution in [0.15, 0.2) is 28.8 Å². The minimum atomic E-state index is -0.132. The molecular weight excluding hydrogens is 330 g/mol. The van der Waals surface area contributed by atoms with Crippen LogP contribution < -0.4 is 0 Å². The number of hydrogen-bond donors (Lipinski definition) is 0. The summed E-state index contributed by atoms with van der Waals surface area (Å²) in [5.41, 5.74) is 2.74. The number of pyridine rings is 1. The summed E-state index contributed by atoms with van der Waals surface area (Å²) in [7, 11) is 0. The van der Waals surface area contributed by atoms with E-state index in [0.717, 1.165) is 24.3 Å². The van der Waals surface area contributed by atoms with Crippen LogP contribution in [0.4, 0.5) is 0 Å². The van der Waals surface area contributed by atoms with E-state index in [1.807, 2.05) is 29.7 Å². The first-order valence-corrected chi connectivity index (χ1v) is 9.13. The van der Waals surface area contributed by atoms with Gasteiger partial charge in [0.15, 0.2) is 0 Å². The monoisotopic (exact) mass is 353 g/mol. The summed E-state index contributed by atoms with van der Waals surface area (Å²) in [6.45, 7) is 5.89. The molecule has 0 N–H and O–H groups in total. The van der Waals surface area contributed by atoms with Crippen LogP contribution >= 0.6 is 0 Å². The van der Waals surface area contributed by atoms with Gasteiger partial charge in [-0.3, -0.25) is 14.6 Å². The van der Waals surface area contributed by atoms with E-state index in [1.54, 1.807) is 12.3 Å². The fraction of sp³-hybridized carbons (Fsp3) is 0.450. The second-order valence-corrected chi connectivity index (χ2v) is 7.08. The molecule has 1 unspecified atom stereocenters. The van der Waals surface area contributed by atoms with E-state index >= 15 is 0 Å². The third-order valence-corrected chi connectivity index (χ3v) is 5.41. The zero-order valence-corrected chi connectivity index (χ0v) is 15.2. The van der Waals surface area contributed by atoms with Gasteiger partial charge in [-0.2, -0.15) is 0 Å². The molecule has 1 saturated heterocycles. The number of aromatic nitrogens is 1. The van der Waals surface area contributed by atoms with Gasteiger partial charge in [-0.1, -0.05) is 6.07 Å². The number of piperazine rings is 1. The van der Waals surface area contributed by atoms with E-state index in [0.29, 0.717) is 37.5 Å². The van der Waals surface area contributed by atoms with Crippen LogP contribution in [-0.4, -0.2) is 52.8 Å². The Morgan fingerprint density at radius 1 is 1.15 bits per heavy atom. The number of hydrogen-bond acceptors (Lipinski definition) is 4. The number of fused-ring (bicyclic) bond motifs is 1. The second-order valence-electron chi connectivity index (χ2n) is 7.08. The summed E-state index contributed by atoms with van der Waals surface area (Å²) >= 11 is 0. The minimum Gasteiger partial charge on any atom is -0.466 e. The lowest BCUT2D eigenvalue weighted by atomic mass is 10.0. The smallest absolute Gasteiger partial charge is 0.257 e. The van der Waals surface area contributed by atoms with Gasteiger partial charge < -0.3 is 14.2 Å². The Labute approximate surface area is 152 Å². The number of rotatable bonds is 2. The van der Waals surface area contributed by atoms with Crippen molar-refractivity contribution in [3.8, 4) is 0 Å². The number of furan rings is 1. The molecule has 2 aromatic rings. The quantitative estimate of drug-likeness (QED) is 0.831. The van der Waals surface area contributed by atoms with Crippen molar-refractivity contribution in [2.45, 2.75) is 32.6 Å². The molecule has 0 radical (unpaired) electrons. The highest BCUT2D eigenvalue weighted by molar-refractivity contribution is 5.95. The SMILES string of the molecule is Cc1cc(C(=O)N2CCN(C(=O)C3CCc4cccnc43)CC2)c(C)o1. The average Bonchev–Trinajstić information content (AvgIpc) is 3.23. The van der Waals surface area contributed by atoms with Gasteiger partial charge in [0.05, 0.1) is 17.2 Å². The first kappa shape index (κ1) is 16.8. The first-order chi connectivity index (χ1) is 12.5. The lowest BCUT2D eigenvalue weighted by Gasteiger charge is -2.36. The third-order valence-electron chi connectivity index (χ3n) is 5.41. The van der Waals surface area contributed by atoms with Gasteiger partial charge in [-0.05, 0) is 44.4 Å². The van der Waals surface area contributed by atoms with E-state index in [9.17, 15) is 9.59 Å². The summed E-state index contributed by atoms with van der Waals surface area (Å²) in [6.07, 6.45) is 3.51. The van der Waals surface area contributed by atoms with Crippen molar-refractivity contribution in [2.24, 2.45) is 0 Å². The van der Waals surface area contributed by atoms with Gasteiger partial charge in [0, 0.05) is 32.4 Å². The normalized spacial score (nSPS) is 19.5. The van der Waals surface area contributed by atoms with Gasteiger partial charge in [-0.25, -0.2) is 0 Å². The van der Waals surface area contributed by atoms with Gasteiger partial charge in [0.1, 0.15) is 11.5 Å². The molecule has 1 fully saturated rings. The van der Waals surface area contributed by atoms with Gasteiger partial charge >= 0.3 is 0 Å². The summed E-state index contributed by atoms with van der Waals surface area (Å²) in [5.74, 6) is 1.39. The molecule has 1 aliphatic carbocycles. The molecule has 0 aromatic carbocycles. The van der Waals surface area contributed by atoms with Gasteiger partial charge in [0.25, 0.3) is 5.91 Å². The Kier molecular flexibility index (Phi) is 4.26. The fourth-order valence-electron chi connectivity index (χ4n) is 4.02. The molecule has 6 nitrogen and oxygen atoms in total. The predicted molar refractivity (Wildman–Crippen MR) is 96.0 cm³/mol. The maximum Gasteiger partial charge on any atom is 0.257 e. The van der Waals surface area contributed by atoms with Crippen LogP contribution in [0.5, 0.6) is 0 Å². The van der Waals surface area contributed by atoms with Crippen molar-refractivity contribution < 1.29 is 14.0 Å². The maximum absolute atomic E-state index is 12.9. The van der Waals surface area contributed by atoms with E-state index in [-0.39, 0.29) is 17.7 Å². The van der Waals surface area contributed by atoms with Crippen LogP contribution in [0.3, 0.4) is 0 Å². The molecule has 4 rings (SSSR count). The van der Waals surface area contributed by atoms with Crippen LogP contribution in [0.25, 0.3) is 0 Å². The summed E-state index contributed by atoms with van der Waals surface area (Å²) < 4.78 is 5.47. The van der Waals surface area contributed by atoms with Crippen LogP contribution in [0.1, 0.15) is 45.5 Å². The molecule has 0 spiro atoms. The highest BCUT2D eigenvalue weighted by atomic mass is 16.3. The minimum absolute atomic E-state index is 0.0145. The van der Waals surface area contributed by atoms with E-state index in [1.165, 1.54) is 5.56 Å². The number of nitrogens with zero attached hydrogens (tertiary/aromatic N) is 3. The molecule has 0 bridgehead atoms. The number of carbonyl (C=O) groups is 2. The maximum atomic E-state index is 12.9. The topological polar surface area (TPSA) is 66.7 Å². The van der Waals surface area contributed by atoms with Crippen molar-refractivity contribution in [3.05, 3.63) is 52.7 Å². The molecule has 26 heavy (non-hydrogen) atoms. The first-order valence-electron chi connectivity index (χ1n) is 9.13. The number of carbonyl (C=O) groups excluding carboxylic acids is 2. The molecule has 2 aliphatic rings. The molecule has 1 atom stereocenters. The molecule has 3 heterocycles. The largest absolute Gasteiger partial charge is 0.466 e. The molecule has 1 aliphatic heterocycles. The Bertz CT molecular complexity index is 850. The summed E-state index contributed by atoms with van der Waals surface area (Å²) in [4.78, 5) is 33.7. The lowest BCUT2D eigenvalue weighted by molar-refractivity contribution is -0.134. The van der Waals surface area contributed by atoms with E-state index in [4.69, 9.17) is 4.42 Å². The summed E-state index contributed by atoms with van der Waals surface area (Å²) in [6, 6.07) is 5.77. The van der Waals surface area contributed by atoms with Crippen molar-refractivity contribution in [3.63, 3.8) is 0 Å².